The van der Waals surface area contributed by atoms with Gasteiger partial charge >= 0.3 is 6.18 Å². The van der Waals surface area contributed by atoms with E-state index in [2.05, 4.69) is 15.6 Å². The molecule has 0 aromatic rings. The smallest absolute Gasteiger partial charge is 0.385 e. The highest BCUT2D eigenvalue weighted by molar-refractivity contribution is 14.0. The first-order valence-corrected chi connectivity index (χ1v) is 8.17. The maximum atomic E-state index is 12.3. The molecule has 1 aliphatic rings. The maximum absolute atomic E-state index is 12.3. The van der Waals surface area contributed by atoms with Crippen molar-refractivity contribution in [2.24, 2.45) is 10.9 Å². The number of ether oxygens (including phenoxy) is 1. The minimum Gasteiger partial charge on any atom is -0.385 e. The average molecular weight is 466 g/mol. The van der Waals surface area contributed by atoms with Gasteiger partial charge in [0.05, 0.1) is 6.54 Å². The molecule has 0 saturated carbocycles. The van der Waals surface area contributed by atoms with Crippen LogP contribution in [-0.4, -0.2) is 70.5 Å². The first-order chi connectivity index (χ1) is 10.9. The maximum Gasteiger partial charge on any atom is 0.401 e. The monoisotopic (exact) mass is 466 g/mol. The van der Waals surface area contributed by atoms with Crippen LogP contribution in [0.3, 0.4) is 0 Å². The molecule has 0 aliphatic carbocycles. The Labute approximate surface area is 159 Å². The quantitative estimate of drug-likeness (QED) is 0.250. The Balaban J connectivity index is 0.00000529. The zero-order valence-corrected chi connectivity index (χ0v) is 16.8. The van der Waals surface area contributed by atoms with Crippen LogP contribution in [0.4, 0.5) is 13.2 Å². The minimum absolute atomic E-state index is 0. The van der Waals surface area contributed by atoms with E-state index in [1.54, 1.807) is 14.2 Å². The molecule has 0 amide bonds. The lowest BCUT2D eigenvalue weighted by Gasteiger charge is -2.32. The predicted molar refractivity (Wildman–Crippen MR) is 101 cm³/mol. The molecule has 0 bridgehead atoms. The van der Waals surface area contributed by atoms with Gasteiger partial charge < -0.3 is 15.4 Å². The third-order valence-corrected chi connectivity index (χ3v) is 4.00. The number of rotatable bonds is 8. The molecule has 5 nitrogen and oxygen atoms in total. The molecular weight excluding hydrogens is 436 g/mol. The lowest BCUT2D eigenvalue weighted by atomic mass is 9.93. The van der Waals surface area contributed by atoms with Crippen molar-refractivity contribution in [3.63, 3.8) is 0 Å². The summed E-state index contributed by atoms with van der Waals surface area (Å²) in [6, 6.07) is 0. The lowest BCUT2D eigenvalue weighted by molar-refractivity contribution is -0.148. The van der Waals surface area contributed by atoms with Gasteiger partial charge in [-0.25, -0.2) is 0 Å². The highest BCUT2D eigenvalue weighted by atomic mass is 127. The van der Waals surface area contributed by atoms with Crippen molar-refractivity contribution in [2.45, 2.75) is 31.9 Å². The molecule has 24 heavy (non-hydrogen) atoms. The fourth-order valence-electron chi connectivity index (χ4n) is 2.73. The van der Waals surface area contributed by atoms with Gasteiger partial charge in [0.15, 0.2) is 5.96 Å². The average Bonchev–Trinajstić information content (AvgIpc) is 2.50. The van der Waals surface area contributed by atoms with Crippen molar-refractivity contribution in [1.29, 1.82) is 0 Å². The molecule has 0 aromatic heterocycles. The van der Waals surface area contributed by atoms with Gasteiger partial charge in [-0.05, 0) is 44.7 Å². The summed E-state index contributed by atoms with van der Waals surface area (Å²) in [5.74, 6) is 1.24. The van der Waals surface area contributed by atoms with Crippen molar-refractivity contribution in [3.8, 4) is 0 Å². The molecule has 9 heteroatoms. The number of hydrogen-bond acceptors (Lipinski definition) is 3. The standard InChI is InChI=1S/C15H29F3N4O.HI/c1-19-14(20-7-3-11-23-2)21-8-4-13-5-9-22(10-6-13)12-15(16,17)18;/h13H,3-12H2,1-2H3,(H2,19,20,21);1H. The first kappa shape index (κ1) is 23.7. The van der Waals surface area contributed by atoms with E-state index in [0.29, 0.717) is 25.6 Å². The van der Waals surface area contributed by atoms with Crippen LogP contribution in [-0.2, 0) is 4.74 Å². The number of nitrogens with one attached hydrogen (secondary N) is 2. The zero-order valence-electron chi connectivity index (χ0n) is 14.5. The van der Waals surface area contributed by atoms with Crippen LogP contribution in [0.25, 0.3) is 0 Å². The summed E-state index contributed by atoms with van der Waals surface area (Å²) in [6.07, 6.45) is -0.557. The molecule has 0 radical (unpaired) electrons. The predicted octanol–water partition coefficient (Wildman–Crippen LogP) is 2.47. The summed E-state index contributed by atoms with van der Waals surface area (Å²) >= 11 is 0. The van der Waals surface area contributed by atoms with Gasteiger partial charge in [-0.3, -0.25) is 9.89 Å². The van der Waals surface area contributed by atoms with Crippen molar-refractivity contribution in [3.05, 3.63) is 0 Å². The topological polar surface area (TPSA) is 48.9 Å². The van der Waals surface area contributed by atoms with Crippen LogP contribution in [0.5, 0.6) is 0 Å². The normalized spacial score (nSPS) is 17.5. The number of halogens is 4. The Hall–Kier alpha value is -0.290. The molecule has 2 N–H and O–H groups in total. The van der Waals surface area contributed by atoms with Crippen LogP contribution in [0, 0.1) is 5.92 Å². The Morgan fingerprint density at radius 2 is 1.83 bits per heavy atom. The molecule has 1 rings (SSSR count). The minimum atomic E-state index is -4.09. The van der Waals surface area contributed by atoms with Crippen molar-refractivity contribution >= 4 is 29.9 Å². The van der Waals surface area contributed by atoms with Crippen LogP contribution < -0.4 is 10.6 Å². The lowest BCUT2D eigenvalue weighted by Crippen LogP contribution is -2.41. The Bertz CT molecular complexity index is 348. The SMILES string of the molecule is CN=C(NCCCOC)NCCC1CCN(CC(F)(F)F)CC1.I. The van der Waals surface area contributed by atoms with E-state index in [4.69, 9.17) is 4.74 Å². The van der Waals surface area contributed by atoms with Crippen molar-refractivity contribution in [2.75, 3.05) is 53.5 Å². The number of hydrogen-bond donors (Lipinski definition) is 2. The molecule has 0 atom stereocenters. The van der Waals surface area contributed by atoms with E-state index in [9.17, 15) is 13.2 Å². The number of methoxy groups -OCH3 is 1. The molecule has 0 aromatic carbocycles. The highest BCUT2D eigenvalue weighted by Gasteiger charge is 2.32. The van der Waals surface area contributed by atoms with E-state index >= 15 is 0 Å². The summed E-state index contributed by atoms with van der Waals surface area (Å²) in [6.45, 7) is 2.58. The third kappa shape index (κ3) is 11.3. The fourth-order valence-corrected chi connectivity index (χ4v) is 2.73. The number of nitrogens with zero attached hydrogens (tertiary/aromatic N) is 2. The second-order valence-corrected chi connectivity index (χ2v) is 5.90. The van der Waals surface area contributed by atoms with Crippen LogP contribution in [0.1, 0.15) is 25.7 Å². The summed E-state index contributed by atoms with van der Waals surface area (Å²) in [5.41, 5.74) is 0. The van der Waals surface area contributed by atoms with Gasteiger partial charge in [-0.15, -0.1) is 24.0 Å². The second kappa shape index (κ2) is 13.0. The number of alkyl halides is 3. The Morgan fingerprint density at radius 3 is 2.38 bits per heavy atom. The van der Waals surface area contributed by atoms with Gasteiger partial charge in [0.2, 0.25) is 0 Å². The Kier molecular flexibility index (Phi) is 12.8. The number of likely N-dealkylation sites (tertiary alicyclic amines) is 1. The van der Waals surface area contributed by atoms with Crippen LogP contribution in [0.15, 0.2) is 4.99 Å². The van der Waals surface area contributed by atoms with Gasteiger partial charge in [0.25, 0.3) is 0 Å². The van der Waals surface area contributed by atoms with E-state index < -0.39 is 12.7 Å². The van der Waals surface area contributed by atoms with Crippen molar-refractivity contribution < 1.29 is 17.9 Å². The molecule has 1 heterocycles. The van der Waals surface area contributed by atoms with Crippen LogP contribution >= 0.6 is 24.0 Å². The molecule has 0 unspecified atom stereocenters. The summed E-state index contributed by atoms with van der Waals surface area (Å²) < 4.78 is 42.0. The van der Waals surface area contributed by atoms with Gasteiger partial charge in [0.1, 0.15) is 0 Å². The Morgan fingerprint density at radius 1 is 1.21 bits per heavy atom. The summed E-state index contributed by atoms with van der Waals surface area (Å²) in [4.78, 5) is 5.64. The second-order valence-electron chi connectivity index (χ2n) is 5.90. The van der Waals surface area contributed by atoms with E-state index in [-0.39, 0.29) is 24.0 Å². The molecule has 144 valence electrons. The highest BCUT2D eigenvalue weighted by Crippen LogP contribution is 2.23. The molecule has 1 aliphatic heterocycles. The number of guanidine groups is 1. The van der Waals surface area contributed by atoms with Crippen molar-refractivity contribution in [1.82, 2.24) is 15.5 Å². The van der Waals surface area contributed by atoms with E-state index in [1.165, 1.54) is 4.90 Å². The molecule has 1 fully saturated rings. The number of piperidine rings is 1. The van der Waals surface area contributed by atoms with Gasteiger partial charge in [-0.2, -0.15) is 13.2 Å². The third-order valence-electron chi connectivity index (χ3n) is 4.00. The number of aliphatic imine (C=N–C) groups is 1. The van der Waals surface area contributed by atoms with E-state index in [1.807, 2.05) is 0 Å². The van der Waals surface area contributed by atoms with Crippen LogP contribution in [0.2, 0.25) is 0 Å². The van der Waals surface area contributed by atoms with E-state index in [0.717, 1.165) is 44.7 Å². The van der Waals surface area contributed by atoms with Gasteiger partial charge in [-0.1, -0.05) is 0 Å². The molecule has 1 saturated heterocycles. The largest absolute Gasteiger partial charge is 0.401 e. The first-order valence-electron chi connectivity index (χ1n) is 8.17. The molecule has 0 spiro atoms. The zero-order chi connectivity index (χ0) is 17.1. The summed E-state index contributed by atoms with van der Waals surface area (Å²) in [7, 11) is 3.40. The van der Waals surface area contributed by atoms with Gasteiger partial charge in [0, 0.05) is 33.9 Å². The molecular formula is C15H30F3IN4O. The summed E-state index contributed by atoms with van der Waals surface area (Å²) in [5, 5.41) is 6.45. The fraction of sp³-hybridized carbons (Fsp3) is 0.933.